The molecular weight excluding hydrogens is 323 g/mol. The maximum Gasteiger partial charge on any atom is 0.252 e. The third-order valence-corrected chi connectivity index (χ3v) is 3.28. The lowest BCUT2D eigenvalue weighted by Crippen LogP contribution is -2.34. The zero-order valence-electron chi connectivity index (χ0n) is 10.7. The Kier molecular flexibility index (Phi) is 7.73. The summed E-state index contributed by atoms with van der Waals surface area (Å²) in [5, 5.41) is 6.10. The average Bonchev–Trinajstić information content (AvgIpc) is 2.43. The van der Waals surface area contributed by atoms with Crippen LogP contribution in [0, 0.1) is 0 Å². The molecule has 0 unspecified atom stereocenters. The third-order valence-electron chi connectivity index (χ3n) is 2.44. The van der Waals surface area contributed by atoms with Crippen LogP contribution in [-0.2, 0) is 4.79 Å². The number of nitrogens with one attached hydrogen (secondary N) is 2. The Labute approximate surface area is 132 Å². The van der Waals surface area contributed by atoms with Gasteiger partial charge in [-0.2, -0.15) is 0 Å². The van der Waals surface area contributed by atoms with Crippen LogP contribution in [0.15, 0.2) is 18.2 Å². The molecule has 0 aliphatic carbocycles. The standard InChI is InChI=1S/C13H15Cl3N2O2/c14-5-1-2-12(19)17-6-7-18-13(20)10-8-9(15)3-4-11(10)16/h3-4,8H,1-2,5-7H2,(H,17,19)(H,18,20). The van der Waals surface area contributed by atoms with Crippen molar-refractivity contribution in [2.45, 2.75) is 12.8 Å². The molecule has 0 aliphatic heterocycles. The van der Waals surface area contributed by atoms with Crippen molar-refractivity contribution in [3.8, 4) is 0 Å². The number of alkyl halides is 1. The summed E-state index contributed by atoms with van der Waals surface area (Å²) in [5.41, 5.74) is 0.313. The first-order valence-corrected chi connectivity index (χ1v) is 7.39. The topological polar surface area (TPSA) is 58.2 Å². The van der Waals surface area contributed by atoms with Crippen molar-refractivity contribution in [3.05, 3.63) is 33.8 Å². The van der Waals surface area contributed by atoms with Gasteiger partial charge in [-0.15, -0.1) is 11.6 Å². The van der Waals surface area contributed by atoms with Crippen molar-refractivity contribution >= 4 is 46.6 Å². The molecule has 0 heterocycles. The van der Waals surface area contributed by atoms with Crippen molar-refractivity contribution < 1.29 is 9.59 Å². The molecule has 0 spiro atoms. The quantitative estimate of drug-likeness (QED) is 0.594. The molecule has 1 aromatic rings. The molecule has 2 amide bonds. The lowest BCUT2D eigenvalue weighted by atomic mass is 10.2. The van der Waals surface area contributed by atoms with Crippen LogP contribution in [0.25, 0.3) is 0 Å². The largest absolute Gasteiger partial charge is 0.354 e. The smallest absolute Gasteiger partial charge is 0.252 e. The van der Waals surface area contributed by atoms with Crippen LogP contribution in [0.5, 0.6) is 0 Å². The van der Waals surface area contributed by atoms with Gasteiger partial charge in [-0.25, -0.2) is 0 Å². The van der Waals surface area contributed by atoms with Gasteiger partial charge in [0.25, 0.3) is 5.91 Å². The molecule has 4 nitrogen and oxygen atoms in total. The van der Waals surface area contributed by atoms with E-state index in [4.69, 9.17) is 34.8 Å². The van der Waals surface area contributed by atoms with Gasteiger partial charge >= 0.3 is 0 Å². The molecule has 1 rings (SSSR count). The van der Waals surface area contributed by atoms with E-state index in [1.165, 1.54) is 6.07 Å². The molecule has 110 valence electrons. The lowest BCUT2D eigenvalue weighted by molar-refractivity contribution is -0.121. The monoisotopic (exact) mass is 336 g/mol. The van der Waals surface area contributed by atoms with Crippen LogP contribution in [0.3, 0.4) is 0 Å². The van der Waals surface area contributed by atoms with Crippen LogP contribution in [-0.4, -0.2) is 30.8 Å². The Morgan fingerprint density at radius 3 is 2.50 bits per heavy atom. The fraction of sp³-hybridized carbons (Fsp3) is 0.385. The van der Waals surface area contributed by atoms with Crippen LogP contribution < -0.4 is 10.6 Å². The van der Waals surface area contributed by atoms with Crippen molar-refractivity contribution in [2.75, 3.05) is 19.0 Å². The van der Waals surface area contributed by atoms with Gasteiger partial charge in [0.15, 0.2) is 0 Å². The van der Waals surface area contributed by atoms with Gasteiger partial charge in [0, 0.05) is 30.4 Å². The average molecular weight is 338 g/mol. The normalized spacial score (nSPS) is 10.2. The highest BCUT2D eigenvalue weighted by Gasteiger charge is 2.10. The molecule has 0 saturated heterocycles. The van der Waals surface area contributed by atoms with E-state index < -0.39 is 0 Å². The summed E-state index contributed by atoms with van der Waals surface area (Å²) in [4.78, 5) is 23.1. The summed E-state index contributed by atoms with van der Waals surface area (Å²) in [6.45, 7) is 0.666. The molecule has 7 heteroatoms. The van der Waals surface area contributed by atoms with E-state index >= 15 is 0 Å². The van der Waals surface area contributed by atoms with E-state index in [2.05, 4.69) is 10.6 Å². The molecule has 0 aliphatic rings. The van der Waals surface area contributed by atoms with Crippen LogP contribution in [0.1, 0.15) is 23.2 Å². The van der Waals surface area contributed by atoms with Gasteiger partial charge in [0.1, 0.15) is 0 Å². The van der Waals surface area contributed by atoms with E-state index in [1.807, 2.05) is 0 Å². The highest BCUT2D eigenvalue weighted by atomic mass is 35.5. The summed E-state index contributed by atoms with van der Waals surface area (Å²) < 4.78 is 0. The first-order valence-electron chi connectivity index (χ1n) is 6.10. The molecule has 2 N–H and O–H groups in total. The number of carbonyl (C=O) groups is 2. The first kappa shape index (κ1) is 17.1. The first-order chi connectivity index (χ1) is 9.54. The SMILES string of the molecule is O=C(CCCCl)NCCNC(=O)c1cc(Cl)ccc1Cl. The fourth-order valence-corrected chi connectivity index (χ4v) is 1.97. The molecule has 0 saturated carbocycles. The number of halogens is 3. The zero-order chi connectivity index (χ0) is 15.0. The third kappa shape index (κ3) is 5.99. The highest BCUT2D eigenvalue weighted by Crippen LogP contribution is 2.20. The molecule has 0 fully saturated rings. The molecule has 0 bridgehead atoms. The maximum atomic E-state index is 11.9. The maximum absolute atomic E-state index is 11.9. The number of hydrogen-bond acceptors (Lipinski definition) is 2. The minimum atomic E-state index is -0.326. The molecule has 0 aromatic heterocycles. The van der Waals surface area contributed by atoms with Gasteiger partial charge in [-0.3, -0.25) is 9.59 Å². The Balaban J connectivity index is 2.33. The van der Waals surface area contributed by atoms with Crippen molar-refractivity contribution in [1.82, 2.24) is 10.6 Å². The predicted molar refractivity (Wildman–Crippen MR) is 81.8 cm³/mol. The Bertz CT molecular complexity index is 481. The number of benzene rings is 1. The van der Waals surface area contributed by atoms with E-state index in [-0.39, 0.29) is 11.8 Å². The Morgan fingerprint density at radius 2 is 1.80 bits per heavy atom. The van der Waals surface area contributed by atoms with E-state index in [0.717, 1.165) is 0 Å². The molecular formula is C13H15Cl3N2O2. The second-order valence-corrected chi connectivity index (χ2v) is 5.24. The number of carbonyl (C=O) groups excluding carboxylic acids is 2. The van der Waals surface area contributed by atoms with Gasteiger partial charge in [-0.1, -0.05) is 23.2 Å². The van der Waals surface area contributed by atoms with Crippen molar-refractivity contribution in [2.24, 2.45) is 0 Å². The second-order valence-electron chi connectivity index (χ2n) is 4.02. The molecule has 1 aromatic carbocycles. The van der Waals surface area contributed by atoms with Crippen LogP contribution >= 0.6 is 34.8 Å². The van der Waals surface area contributed by atoms with Gasteiger partial charge < -0.3 is 10.6 Å². The van der Waals surface area contributed by atoms with Crippen LogP contribution in [0.2, 0.25) is 10.0 Å². The summed E-state index contributed by atoms with van der Waals surface area (Å²) in [7, 11) is 0. The van der Waals surface area contributed by atoms with Gasteiger partial charge in [-0.05, 0) is 24.6 Å². The Morgan fingerprint density at radius 1 is 1.10 bits per heavy atom. The van der Waals surface area contributed by atoms with E-state index in [1.54, 1.807) is 12.1 Å². The number of rotatable bonds is 7. The molecule has 20 heavy (non-hydrogen) atoms. The minimum Gasteiger partial charge on any atom is -0.354 e. The van der Waals surface area contributed by atoms with E-state index in [0.29, 0.717) is 47.4 Å². The predicted octanol–water partition coefficient (Wildman–Crippen LogP) is 2.86. The van der Waals surface area contributed by atoms with Crippen molar-refractivity contribution in [1.29, 1.82) is 0 Å². The minimum absolute atomic E-state index is 0.0827. The summed E-state index contributed by atoms with van der Waals surface area (Å²) in [6, 6.07) is 4.67. The number of hydrogen-bond donors (Lipinski definition) is 2. The number of amides is 2. The van der Waals surface area contributed by atoms with Crippen molar-refractivity contribution in [3.63, 3.8) is 0 Å². The zero-order valence-corrected chi connectivity index (χ0v) is 13.0. The summed E-state index contributed by atoms with van der Waals surface area (Å²) in [6.07, 6.45) is 1.02. The van der Waals surface area contributed by atoms with Crippen LogP contribution in [0.4, 0.5) is 0 Å². The fourth-order valence-electron chi connectivity index (χ4n) is 1.46. The molecule has 0 radical (unpaired) electrons. The Hall–Kier alpha value is -0.970. The summed E-state index contributed by atoms with van der Waals surface area (Å²) in [5.74, 6) is 0.0467. The van der Waals surface area contributed by atoms with Gasteiger partial charge in [0.05, 0.1) is 10.6 Å². The highest BCUT2D eigenvalue weighted by molar-refractivity contribution is 6.35. The second kappa shape index (κ2) is 9.06. The van der Waals surface area contributed by atoms with E-state index in [9.17, 15) is 9.59 Å². The van der Waals surface area contributed by atoms with Gasteiger partial charge in [0.2, 0.25) is 5.91 Å². The lowest BCUT2D eigenvalue weighted by Gasteiger charge is -2.08. The molecule has 0 atom stereocenters. The summed E-state index contributed by atoms with van der Waals surface area (Å²) >= 11 is 17.2.